The lowest BCUT2D eigenvalue weighted by molar-refractivity contribution is 0.0950. The molecule has 0 saturated heterocycles. The molecule has 1 aromatic heterocycles. The molecule has 0 fully saturated rings. The van der Waals surface area contributed by atoms with Gasteiger partial charge in [0.25, 0.3) is 5.91 Å². The third-order valence-electron chi connectivity index (χ3n) is 3.61. The Balaban J connectivity index is 1.77. The summed E-state index contributed by atoms with van der Waals surface area (Å²) in [7, 11) is 0. The molecule has 0 radical (unpaired) electrons. The number of para-hydroxylation sites is 2. The summed E-state index contributed by atoms with van der Waals surface area (Å²) in [6.07, 6.45) is 3.50. The number of amides is 1. The number of nitrogens with zero attached hydrogens (tertiary/aromatic N) is 2. The Morgan fingerprint density at radius 3 is 2.71 bits per heavy atom. The van der Waals surface area contributed by atoms with Gasteiger partial charge in [0.15, 0.2) is 0 Å². The minimum Gasteiger partial charge on any atom is -0.494 e. The van der Waals surface area contributed by atoms with Crippen molar-refractivity contribution in [3.05, 3.63) is 78.1 Å². The van der Waals surface area contributed by atoms with Crippen LogP contribution < -0.4 is 10.1 Å². The third kappa shape index (κ3) is 3.46. The summed E-state index contributed by atoms with van der Waals surface area (Å²) >= 11 is 0. The van der Waals surface area contributed by atoms with Gasteiger partial charge >= 0.3 is 0 Å². The second-order valence-electron chi connectivity index (χ2n) is 5.19. The third-order valence-corrected chi connectivity index (χ3v) is 3.61. The van der Waals surface area contributed by atoms with Gasteiger partial charge in [-0.15, -0.1) is 0 Å². The molecule has 5 heteroatoms. The van der Waals surface area contributed by atoms with E-state index < -0.39 is 0 Å². The second kappa shape index (κ2) is 7.46. The zero-order valence-corrected chi connectivity index (χ0v) is 13.5. The van der Waals surface area contributed by atoms with Crippen LogP contribution in [0.15, 0.2) is 67.0 Å². The summed E-state index contributed by atoms with van der Waals surface area (Å²) in [5, 5.41) is 7.16. The molecule has 0 atom stereocenters. The molecular weight excluding hydrogens is 302 g/mol. The second-order valence-corrected chi connectivity index (χ2v) is 5.19. The summed E-state index contributed by atoms with van der Waals surface area (Å²) in [6, 6.07) is 16.9. The van der Waals surface area contributed by atoms with E-state index in [1.807, 2.05) is 61.7 Å². The maximum Gasteiger partial charge on any atom is 0.253 e. The number of carbonyl (C=O) groups excluding carboxylic acids is 1. The summed E-state index contributed by atoms with van der Waals surface area (Å²) < 4.78 is 7.28. The van der Waals surface area contributed by atoms with Crippen LogP contribution in [0.5, 0.6) is 5.75 Å². The summed E-state index contributed by atoms with van der Waals surface area (Å²) in [5.41, 5.74) is 2.28. The van der Waals surface area contributed by atoms with E-state index in [1.54, 1.807) is 16.9 Å². The monoisotopic (exact) mass is 321 g/mol. The molecule has 0 spiro atoms. The Morgan fingerprint density at radius 1 is 1.12 bits per heavy atom. The number of benzene rings is 2. The van der Waals surface area contributed by atoms with Crippen molar-refractivity contribution in [3.8, 4) is 11.4 Å². The molecule has 1 amide bonds. The fourth-order valence-electron chi connectivity index (χ4n) is 2.49. The maximum absolute atomic E-state index is 12.6. The van der Waals surface area contributed by atoms with Gasteiger partial charge in [0, 0.05) is 24.5 Å². The van der Waals surface area contributed by atoms with E-state index in [0.717, 1.165) is 17.0 Å². The van der Waals surface area contributed by atoms with Crippen molar-refractivity contribution in [1.82, 2.24) is 15.1 Å². The van der Waals surface area contributed by atoms with Crippen LogP contribution >= 0.6 is 0 Å². The van der Waals surface area contributed by atoms with Crippen molar-refractivity contribution in [2.75, 3.05) is 6.61 Å². The van der Waals surface area contributed by atoms with E-state index in [-0.39, 0.29) is 5.91 Å². The average molecular weight is 321 g/mol. The van der Waals surface area contributed by atoms with E-state index in [4.69, 9.17) is 4.74 Å². The van der Waals surface area contributed by atoms with Crippen LogP contribution in [-0.2, 0) is 6.54 Å². The van der Waals surface area contributed by atoms with Crippen LogP contribution in [0.4, 0.5) is 0 Å². The lowest BCUT2D eigenvalue weighted by Crippen LogP contribution is -2.24. The number of hydrogen-bond acceptors (Lipinski definition) is 3. The highest BCUT2D eigenvalue weighted by Crippen LogP contribution is 2.18. The first-order valence-corrected chi connectivity index (χ1v) is 7.87. The molecule has 1 N–H and O–H groups in total. The van der Waals surface area contributed by atoms with Gasteiger partial charge < -0.3 is 10.1 Å². The number of ether oxygens (including phenoxy) is 1. The van der Waals surface area contributed by atoms with Gasteiger partial charge in [-0.25, -0.2) is 4.68 Å². The Hall–Kier alpha value is -3.08. The van der Waals surface area contributed by atoms with E-state index in [2.05, 4.69) is 10.4 Å². The van der Waals surface area contributed by atoms with Gasteiger partial charge in [0.05, 0.1) is 17.9 Å². The number of rotatable bonds is 6. The zero-order valence-electron chi connectivity index (χ0n) is 13.5. The lowest BCUT2D eigenvalue weighted by atomic mass is 10.1. The molecule has 2 aromatic carbocycles. The fourth-order valence-corrected chi connectivity index (χ4v) is 2.49. The molecule has 0 aliphatic carbocycles. The molecule has 1 heterocycles. The molecule has 5 nitrogen and oxygen atoms in total. The van der Waals surface area contributed by atoms with Crippen LogP contribution in [-0.4, -0.2) is 22.3 Å². The van der Waals surface area contributed by atoms with Gasteiger partial charge in [0.1, 0.15) is 5.75 Å². The van der Waals surface area contributed by atoms with Crippen molar-refractivity contribution in [3.63, 3.8) is 0 Å². The van der Waals surface area contributed by atoms with E-state index >= 15 is 0 Å². The van der Waals surface area contributed by atoms with Gasteiger partial charge in [0.2, 0.25) is 0 Å². The fraction of sp³-hybridized carbons (Fsp3) is 0.158. The molecule has 24 heavy (non-hydrogen) atoms. The Labute approximate surface area is 140 Å². The number of aromatic nitrogens is 2. The van der Waals surface area contributed by atoms with E-state index in [9.17, 15) is 4.79 Å². The molecule has 0 bridgehead atoms. The van der Waals surface area contributed by atoms with Gasteiger partial charge in [-0.3, -0.25) is 4.79 Å². The van der Waals surface area contributed by atoms with E-state index in [0.29, 0.717) is 18.7 Å². The SMILES string of the molecule is CCOc1ccccc1CNC(=O)c1ccccc1-n1cccn1. The standard InChI is InChI=1S/C19H19N3O2/c1-2-24-18-11-6-3-8-15(18)14-20-19(23)16-9-4-5-10-17(16)22-13-7-12-21-22/h3-13H,2,14H2,1H3,(H,20,23). The van der Waals surface area contributed by atoms with E-state index in [1.165, 1.54) is 0 Å². The topological polar surface area (TPSA) is 56.1 Å². The lowest BCUT2D eigenvalue weighted by Gasteiger charge is -2.12. The van der Waals surface area contributed by atoms with Crippen LogP contribution in [0.1, 0.15) is 22.8 Å². The smallest absolute Gasteiger partial charge is 0.253 e. The predicted octanol–water partition coefficient (Wildman–Crippen LogP) is 3.20. The minimum absolute atomic E-state index is 0.146. The number of hydrogen-bond donors (Lipinski definition) is 1. The first kappa shape index (κ1) is 15.8. The van der Waals surface area contributed by atoms with Crippen LogP contribution in [0.25, 0.3) is 5.69 Å². The van der Waals surface area contributed by atoms with Crippen molar-refractivity contribution in [2.45, 2.75) is 13.5 Å². The van der Waals surface area contributed by atoms with Gasteiger partial charge in [-0.05, 0) is 31.2 Å². The number of nitrogens with one attached hydrogen (secondary N) is 1. The largest absolute Gasteiger partial charge is 0.494 e. The molecule has 0 aliphatic rings. The molecule has 122 valence electrons. The predicted molar refractivity (Wildman–Crippen MR) is 92.3 cm³/mol. The number of carbonyl (C=O) groups is 1. The van der Waals surface area contributed by atoms with Crippen LogP contribution in [0, 0.1) is 0 Å². The summed E-state index contributed by atoms with van der Waals surface area (Å²) in [5.74, 6) is 0.646. The van der Waals surface area contributed by atoms with Crippen molar-refractivity contribution in [2.24, 2.45) is 0 Å². The van der Waals surface area contributed by atoms with Crippen molar-refractivity contribution in [1.29, 1.82) is 0 Å². The molecule has 0 saturated carbocycles. The Kier molecular flexibility index (Phi) is 4.91. The first-order valence-electron chi connectivity index (χ1n) is 7.87. The highest BCUT2D eigenvalue weighted by atomic mass is 16.5. The minimum atomic E-state index is -0.146. The van der Waals surface area contributed by atoms with Crippen LogP contribution in [0.3, 0.4) is 0 Å². The molecule has 3 aromatic rings. The quantitative estimate of drug-likeness (QED) is 0.758. The summed E-state index contributed by atoms with van der Waals surface area (Å²) in [4.78, 5) is 12.6. The van der Waals surface area contributed by atoms with Crippen molar-refractivity contribution >= 4 is 5.91 Å². The van der Waals surface area contributed by atoms with Gasteiger partial charge in [-0.1, -0.05) is 30.3 Å². The highest BCUT2D eigenvalue weighted by molar-refractivity contribution is 5.97. The summed E-state index contributed by atoms with van der Waals surface area (Å²) in [6.45, 7) is 2.94. The molecule has 3 rings (SSSR count). The van der Waals surface area contributed by atoms with Crippen molar-refractivity contribution < 1.29 is 9.53 Å². The Bertz CT molecular complexity index is 813. The first-order chi connectivity index (χ1) is 11.8. The molecular formula is C19H19N3O2. The highest BCUT2D eigenvalue weighted by Gasteiger charge is 2.13. The average Bonchev–Trinajstić information content (AvgIpc) is 3.15. The Morgan fingerprint density at radius 2 is 1.92 bits per heavy atom. The zero-order chi connectivity index (χ0) is 16.8. The van der Waals surface area contributed by atoms with Crippen LogP contribution in [0.2, 0.25) is 0 Å². The molecule has 0 aliphatic heterocycles. The normalized spacial score (nSPS) is 10.4. The van der Waals surface area contributed by atoms with Gasteiger partial charge in [-0.2, -0.15) is 5.10 Å². The maximum atomic E-state index is 12.6. The molecule has 0 unspecified atom stereocenters.